The molecular formula is C18H42Mg2O3. The summed E-state index contributed by atoms with van der Waals surface area (Å²) in [5.74, 6) is -0.653. The molecule has 0 aliphatic carbocycles. The van der Waals surface area contributed by atoms with Gasteiger partial charge in [-0.15, -0.1) is 0 Å². The van der Waals surface area contributed by atoms with Gasteiger partial charge in [0.05, 0.1) is 0 Å². The predicted octanol–water partition coefficient (Wildman–Crippen LogP) is 5.20. The van der Waals surface area contributed by atoms with Gasteiger partial charge in [-0.05, 0) is 6.42 Å². The van der Waals surface area contributed by atoms with Crippen LogP contribution in [0.5, 0.6) is 0 Å². The van der Waals surface area contributed by atoms with Gasteiger partial charge in [0.2, 0.25) is 0 Å². The van der Waals surface area contributed by atoms with Crippen LogP contribution in [0.3, 0.4) is 0 Å². The molecule has 0 aromatic heterocycles. The molecule has 0 aliphatic rings. The first-order valence-electron chi connectivity index (χ1n) is 8.99. The number of carboxylic acid groups (broad SMARTS) is 1. The van der Waals surface area contributed by atoms with Crippen LogP contribution in [0.25, 0.3) is 0 Å². The van der Waals surface area contributed by atoms with Gasteiger partial charge in [-0.3, -0.25) is 4.79 Å². The normalized spacial score (nSPS) is 9.43. The standard InChI is InChI=1S/C18H36O2.2Mg.H2O.4H/c1-2-3-4-5-6-7-8-9-10-11-12-13-14-15-16-17-18(19)20;;;;;;;/h2-17H2,1H3,(H,19,20);;;1H2;;;;/q;2*+2;;4*-1. The van der Waals surface area contributed by atoms with Crippen molar-refractivity contribution in [3.05, 3.63) is 0 Å². The van der Waals surface area contributed by atoms with E-state index in [2.05, 4.69) is 6.92 Å². The summed E-state index contributed by atoms with van der Waals surface area (Å²) in [4.78, 5) is 10.3. The van der Waals surface area contributed by atoms with Crippen molar-refractivity contribution in [1.82, 2.24) is 0 Å². The molecule has 0 aromatic rings. The second kappa shape index (κ2) is 27.8. The maximum Gasteiger partial charge on any atom is 2.00 e. The number of hydrogen-bond acceptors (Lipinski definition) is 1. The molecular weight excluding hydrogens is 313 g/mol. The van der Waals surface area contributed by atoms with Crippen molar-refractivity contribution in [1.29, 1.82) is 0 Å². The fourth-order valence-corrected chi connectivity index (χ4v) is 2.65. The molecule has 0 fully saturated rings. The molecule has 0 bridgehead atoms. The topological polar surface area (TPSA) is 68.8 Å². The SMILES string of the molecule is CCCCCCCCCCCCCCCCCC(=O)O.O.[H-].[H-].[H-].[H-].[Mg+2].[Mg+2]. The second-order valence-corrected chi connectivity index (χ2v) is 6.09. The smallest absolute Gasteiger partial charge is 1.00 e. The number of unbranched alkanes of at least 4 members (excludes halogenated alkanes) is 14. The van der Waals surface area contributed by atoms with Gasteiger partial charge < -0.3 is 16.3 Å². The molecule has 0 aliphatic heterocycles. The first-order valence-corrected chi connectivity index (χ1v) is 8.99. The summed E-state index contributed by atoms with van der Waals surface area (Å²) in [6, 6.07) is 0. The molecule has 0 aromatic carbocycles. The number of carbonyl (C=O) groups is 1. The third-order valence-corrected chi connectivity index (χ3v) is 3.99. The van der Waals surface area contributed by atoms with E-state index in [1.165, 1.54) is 83.5 Å². The summed E-state index contributed by atoms with van der Waals surface area (Å²) in [6.07, 6.45) is 20.2. The van der Waals surface area contributed by atoms with E-state index >= 15 is 0 Å². The van der Waals surface area contributed by atoms with Gasteiger partial charge in [-0.25, -0.2) is 0 Å². The van der Waals surface area contributed by atoms with Crippen molar-refractivity contribution < 1.29 is 21.1 Å². The predicted molar refractivity (Wildman–Crippen MR) is 107 cm³/mol. The minimum absolute atomic E-state index is 0. The van der Waals surface area contributed by atoms with E-state index in [9.17, 15) is 4.79 Å². The Bertz CT molecular complexity index is 231. The van der Waals surface area contributed by atoms with Crippen LogP contribution in [0.1, 0.15) is 115 Å². The fourth-order valence-electron chi connectivity index (χ4n) is 2.65. The Morgan fingerprint density at radius 1 is 0.652 bits per heavy atom. The average molecular weight is 355 g/mol. The Hall–Kier alpha value is 0.962. The first kappa shape index (κ1) is 31.7. The van der Waals surface area contributed by atoms with Gasteiger partial charge in [0, 0.05) is 6.42 Å². The van der Waals surface area contributed by atoms with E-state index in [0.29, 0.717) is 6.42 Å². The van der Waals surface area contributed by atoms with Crippen molar-refractivity contribution in [2.45, 2.75) is 110 Å². The molecule has 23 heavy (non-hydrogen) atoms. The van der Waals surface area contributed by atoms with Crippen LogP contribution in [0, 0.1) is 0 Å². The number of carboxylic acids is 1. The molecule has 0 saturated carbocycles. The van der Waals surface area contributed by atoms with Crippen LogP contribution in [0.15, 0.2) is 0 Å². The van der Waals surface area contributed by atoms with E-state index in [-0.39, 0.29) is 57.3 Å². The van der Waals surface area contributed by atoms with Gasteiger partial charge in [0.25, 0.3) is 0 Å². The zero-order chi connectivity index (χ0) is 14.9. The zero-order valence-corrected chi connectivity index (χ0v) is 18.4. The molecule has 0 radical (unpaired) electrons. The van der Waals surface area contributed by atoms with E-state index in [1.54, 1.807) is 0 Å². The number of aliphatic carboxylic acids is 1. The van der Waals surface area contributed by atoms with Crippen LogP contribution in [0.4, 0.5) is 0 Å². The Morgan fingerprint density at radius 2 is 0.913 bits per heavy atom. The molecule has 0 atom stereocenters. The summed E-state index contributed by atoms with van der Waals surface area (Å²) in [6.45, 7) is 2.27. The summed E-state index contributed by atoms with van der Waals surface area (Å²) in [5.41, 5.74) is 0. The summed E-state index contributed by atoms with van der Waals surface area (Å²) >= 11 is 0. The molecule has 5 heteroatoms. The van der Waals surface area contributed by atoms with Crippen molar-refractivity contribution in [3.8, 4) is 0 Å². The third kappa shape index (κ3) is 31.3. The molecule has 3 N–H and O–H groups in total. The molecule has 0 unspecified atom stereocenters. The second-order valence-electron chi connectivity index (χ2n) is 6.09. The number of hydrogen-bond donors (Lipinski definition) is 1. The molecule has 0 spiro atoms. The van der Waals surface area contributed by atoms with Gasteiger partial charge in [-0.2, -0.15) is 0 Å². The molecule has 0 amide bonds. The first-order chi connectivity index (χ1) is 9.77. The third-order valence-electron chi connectivity index (χ3n) is 3.99. The van der Waals surface area contributed by atoms with Crippen molar-refractivity contribution >= 4 is 52.1 Å². The van der Waals surface area contributed by atoms with E-state index in [1.807, 2.05) is 0 Å². The monoisotopic (exact) mass is 354 g/mol. The van der Waals surface area contributed by atoms with Crippen LogP contribution in [0.2, 0.25) is 0 Å². The van der Waals surface area contributed by atoms with E-state index in [4.69, 9.17) is 5.11 Å². The fraction of sp³-hybridized carbons (Fsp3) is 0.944. The van der Waals surface area contributed by atoms with Crippen molar-refractivity contribution in [2.75, 3.05) is 0 Å². The van der Waals surface area contributed by atoms with Crippen LogP contribution >= 0.6 is 0 Å². The Labute approximate surface area is 182 Å². The van der Waals surface area contributed by atoms with Crippen LogP contribution < -0.4 is 0 Å². The molecule has 3 nitrogen and oxygen atoms in total. The minimum atomic E-state index is -0.653. The Balaban J connectivity index is -0.0000000860. The summed E-state index contributed by atoms with van der Waals surface area (Å²) in [7, 11) is 0. The zero-order valence-electron chi connectivity index (χ0n) is 19.6. The average Bonchev–Trinajstić information content (AvgIpc) is 2.43. The molecule has 136 valence electrons. The largest absolute Gasteiger partial charge is 2.00 e. The van der Waals surface area contributed by atoms with Crippen LogP contribution in [-0.4, -0.2) is 62.7 Å². The van der Waals surface area contributed by atoms with Crippen LogP contribution in [-0.2, 0) is 4.79 Å². The van der Waals surface area contributed by atoms with Crippen molar-refractivity contribution in [2.24, 2.45) is 0 Å². The van der Waals surface area contributed by atoms with Gasteiger partial charge in [0.15, 0.2) is 0 Å². The molecule has 0 heterocycles. The summed E-state index contributed by atoms with van der Waals surface area (Å²) < 4.78 is 0. The van der Waals surface area contributed by atoms with Gasteiger partial charge in [-0.1, -0.05) is 96.8 Å². The molecule has 0 rings (SSSR count). The molecule has 0 saturated heterocycles. The maximum absolute atomic E-state index is 10.3. The van der Waals surface area contributed by atoms with Gasteiger partial charge >= 0.3 is 52.1 Å². The summed E-state index contributed by atoms with van der Waals surface area (Å²) in [5, 5.41) is 8.52. The Kier molecular flexibility index (Phi) is 38.3. The Morgan fingerprint density at radius 3 is 1.17 bits per heavy atom. The number of rotatable bonds is 16. The quantitative estimate of drug-likeness (QED) is 0.306. The minimum Gasteiger partial charge on any atom is -1.00 e. The van der Waals surface area contributed by atoms with Crippen molar-refractivity contribution in [3.63, 3.8) is 0 Å². The van der Waals surface area contributed by atoms with Gasteiger partial charge in [0.1, 0.15) is 0 Å². The van der Waals surface area contributed by atoms with E-state index < -0.39 is 5.97 Å². The maximum atomic E-state index is 10.3. The van der Waals surface area contributed by atoms with E-state index in [0.717, 1.165) is 12.8 Å².